The Balaban J connectivity index is 2.47. The molecule has 184 valence electrons. The largest absolute Gasteiger partial charge is 0.501 e. The number of esters is 2. The van der Waals surface area contributed by atoms with Crippen molar-refractivity contribution in [2.75, 3.05) is 0 Å². The van der Waals surface area contributed by atoms with Crippen LogP contribution in [-0.4, -0.2) is 37.1 Å². The Morgan fingerprint density at radius 1 is 0.853 bits per heavy atom. The van der Waals surface area contributed by atoms with Gasteiger partial charge in [-0.2, -0.15) is 13.2 Å². The summed E-state index contributed by atoms with van der Waals surface area (Å²) in [7, 11) is -6.15. The first kappa shape index (κ1) is 25.7. The topological polar surface area (TPSA) is 86.7 Å². The molecular weight excluding hydrogens is 473 g/mol. The van der Waals surface area contributed by atoms with Gasteiger partial charge in [-0.25, -0.2) is 18.0 Å². The Morgan fingerprint density at radius 3 is 1.91 bits per heavy atom. The molecule has 0 radical (unpaired) electrons. The van der Waals surface area contributed by atoms with Crippen molar-refractivity contribution in [3.05, 3.63) is 52.6 Å². The summed E-state index contributed by atoms with van der Waals surface area (Å²) in [4.78, 5) is 24.8. The smallest absolute Gasteiger partial charge is 0.456 e. The second kappa shape index (κ2) is 8.11. The van der Waals surface area contributed by atoms with Crippen LogP contribution in [0, 0.1) is 0 Å². The molecule has 0 saturated heterocycles. The zero-order valence-corrected chi connectivity index (χ0v) is 20.4. The fraction of sp³-hybridized carbons (Fsp3) is 0.417. The van der Waals surface area contributed by atoms with E-state index in [0.717, 1.165) is 6.07 Å². The normalized spacial score (nSPS) is 13.8. The number of fused-ring (bicyclic) bond motifs is 3. The lowest BCUT2D eigenvalue weighted by Gasteiger charge is -2.25. The van der Waals surface area contributed by atoms with Crippen LogP contribution in [0.4, 0.5) is 13.2 Å². The minimum Gasteiger partial charge on any atom is -0.456 e. The van der Waals surface area contributed by atoms with Gasteiger partial charge < -0.3 is 9.47 Å². The summed E-state index contributed by atoms with van der Waals surface area (Å²) in [5.41, 5.74) is -8.17. The molecule has 0 unspecified atom stereocenters. The Kier molecular flexibility index (Phi) is 6.14. The van der Waals surface area contributed by atoms with Crippen molar-refractivity contribution < 1.29 is 40.7 Å². The maximum atomic E-state index is 13.8. The van der Waals surface area contributed by atoms with Crippen molar-refractivity contribution in [3.8, 4) is 11.1 Å². The van der Waals surface area contributed by atoms with Gasteiger partial charge in [0.15, 0.2) is 0 Å². The van der Waals surface area contributed by atoms with E-state index in [9.17, 15) is 31.2 Å². The lowest BCUT2D eigenvalue weighted by Crippen LogP contribution is -2.32. The van der Waals surface area contributed by atoms with Crippen LogP contribution >= 0.6 is 0 Å². The number of ether oxygens (including phenoxy) is 2. The van der Waals surface area contributed by atoms with Crippen molar-refractivity contribution in [1.82, 2.24) is 0 Å². The standard InChI is InChI=1S/C24H25F3O6S/c1-22(2,3)32-20(28)17-12-15-14-10-8-7-9-13(14)11-16(15)18(21(29)33-23(4,5)6)19(17)34(30,31)24(25,26)27/h7-10,12H,11H2,1-6H3. The van der Waals surface area contributed by atoms with Gasteiger partial charge in [0.05, 0.1) is 11.1 Å². The van der Waals surface area contributed by atoms with E-state index in [1.807, 2.05) is 0 Å². The second-order valence-electron chi connectivity index (χ2n) is 9.94. The average Bonchev–Trinajstić information content (AvgIpc) is 3.01. The lowest BCUT2D eigenvalue weighted by molar-refractivity contribution is -0.0436. The summed E-state index contributed by atoms with van der Waals surface area (Å²) in [6, 6.07) is 7.84. The molecule has 0 aliphatic heterocycles. The van der Waals surface area contributed by atoms with E-state index in [1.54, 1.807) is 24.3 Å². The molecule has 0 amide bonds. The van der Waals surface area contributed by atoms with Crippen LogP contribution in [0.3, 0.4) is 0 Å². The zero-order valence-electron chi connectivity index (χ0n) is 19.6. The van der Waals surface area contributed by atoms with Gasteiger partial charge >= 0.3 is 17.4 Å². The number of benzene rings is 2. The van der Waals surface area contributed by atoms with E-state index in [4.69, 9.17) is 9.47 Å². The minimum atomic E-state index is -6.15. The summed E-state index contributed by atoms with van der Waals surface area (Å²) >= 11 is 0. The van der Waals surface area contributed by atoms with Crippen LogP contribution in [-0.2, 0) is 25.7 Å². The van der Waals surface area contributed by atoms with Crippen molar-refractivity contribution in [2.24, 2.45) is 0 Å². The molecule has 0 bridgehead atoms. The highest BCUT2D eigenvalue weighted by Gasteiger charge is 2.52. The maximum absolute atomic E-state index is 13.8. The van der Waals surface area contributed by atoms with Crippen molar-refractivity contribution in [1.29, 1.82) is 0 Å². The molecule has 1 aliphatic rings. The fourth-order valence-electron chi connectivity index (χ4n) is 3.68. The molecule has 0 saturated carbocycles. The molecule has 2 aromatic rings. The lowest BCUT2D eigenvalue weighted by atomic mass is 9.97. The first-order valence-electron chi connectivity index (χ1n) is 10.4. The summed E-state index contributed by atoms with van der Waals surface area (Å²) in [5, 5.41) is 0. The molecule has 0 fully saturated rings. The number of carbonyl (C=O) groups is 2. The van der Waals surface area contributed by atoms with E-state index < -0.39 is 54.5 Å². The van der Waals surface area contributed by atoms with Gasteiger partial charge in [0.2, 0.25) is 0 Å². The molecule has 3 rings (SSSR count). The fourth-order valence-corrected chi connectivity index (χ4v) is 4.82. The molecule has 6 nitrogen and oxygen atoms in total. The predicted octanol–water partition coefficient (Wildman–Crippen LogP) is 5.46. The Morgan fingerprint density at radius 2 is 1.38 bits per heavy atom. The molecule has 0 atom stereocenters. The van der Waals surface area contributed by atoms with Crippen molar-refractivity contribution in [2.45, 2.75) is 69.6 Å². The molecular formula is C24H25F3O6S. The predicted molar refractivity (Wildman–Crippen MR) is 118 cm³/mol. The molecule has 0 spiro atoms. The number of alkyl halides is 3. The van der Waals surface area contributed by atoms with Crippen LogP contribution in [0.5, 0.6) is 0 Å². The van der Waals surface area contributed by atoms with E-state index in [-0.39, 0.29) is 17.5 Å². The number of sulfone groups is 1. The molecule has 0 N–H and O–H groups in total. The first-order chi connectivity index (χ1) is 15.3. The number of hydrogen-bond donors (Lipinski definition) is 0. The van der Waals surface area contributed by atoms with Crippen LogP contribution in [0.25, 0.3) is 11.1 Å². The number of hydrogen-bond acceptors (Lipinski definition) is 6. The van der Waals surface area contributed by atoms with Gasteiger partial charge in [-0.05, 0) is 76.3 Å². The molecule has 10 heteroatoms. The van der Waals surface area contributed by atoms with Gasteiger partial charge in [-0.3, -0.25) is 0 Å². The van der Waals surface area contributed by atoms with Gasteiger partial charge in [0.1, 0.15) is 16.1 Å². The maximum Gasteiger partial charge on any atom is 0.501 e. The molecule has 34 heavy (non-hydrogen) atoms. The quantitative estimate of drug-likeness (QED) is 0.446. The van der Waals surface area contributed by atoms with Gasteiger partial charge in [-0.1, -0.05) is 24.3 Å². The van der Waals surface area contributed by atoms with Crippen molar-refractivity contribution >= 4 is 21.8 Å². The van der Waals surface area contributed by atoms with Gasteiger partial charge in [-0.15, -0.1) is 0 Å². The molecule has 1 aliphatic carbocycles. The van der Waals surface area contributed by atoms with Crippen molar-refractivity contribution in [3.63, 3.8) is 0 Å². The van der Waals surface area contributed by atoms with E-state index in [0.29, 0.717) is 11.1 Å². The third-order valence-electron chi connectivity index (χ3n) is 4.86. The number of carbonyl (C=O) groups excluding carboxylic acids is 2. The van der Waals surface area contributed by atoms with E-state index in [2.05, 4.69) is 0 Å². The number of rotatable bonds is 3. The van der Waals surface area contributed by atoms with E-state index in [1.165, 1.54) is 41.5 Å². The van der Waals surface area contributed by atoms with Crippen LogP contribution in [0.1, 0.15) is 73.4 Å². The summed E-state index contributed by atoms with van der Waals surface area (Å²) in [6.07, 6.45) is -0.00490. The van der Waals surface area contributed by atoms with Crippen LogP contribution in [0.15, 0.2) is 35.2 Å². The van der Waals surface area contributed by atoms with E-state index >= 15 is 0 Å². The Hall–Kier alpha value is -2.88. The highest BCUT2D eigenvalue weighted by molar-refractivity contribution is 7.92. The summed E-state index contributed by atoms with van der Waals surface area (Å²) < 4.78 is 77.5. The monoisotopic (exact) mass is 498 g/mol. The Bertz CT molecular complexity index is 1280. The Labute approximate surface area is 196 Å². The summed E-state index contributed by atoms with van der Waals surface area (Å²) in [6.45, 7) is 8.95. The minimum absolute atomic E-state index is 0.00490. The SMILES string of the molecule is CC(C)(C)OC(=O)c1cc2c(c(C(=O)OC(C)(C)C)c1S(=O)(=O)C(F)(F)F)Cc1ccccc1-2. The average molecular weight is 499 g/mol. The second-order valence-corrected chi connectivity index (χ2v) is 11.8. The first-order valence-corrected chi connectivity index (χ1v) is 11.9. The van der Waals surface area contributed by atoms with Gasteiger partial charge in [0.25, 0.3) is 9.84 Å². The van der Waals surface area contributed by atoms with Crippen LogP contribution < -0.4 is 0 Å². The van der Waals surface area contributed by atoms with Gasteiger partial charge in [0, 0.05) is 0 Å². The zero-order chi connectivity index (χ0) is 25.9. The van der Waals surface area contributed by atoms with Crippen LogP contribution in [0.2, 0.25) is 0 Å². The highest BCUT2D eigenvalue weighted by Crippen LogP contribution is 2.45. The third kappa shape index (κ3) is 4.82. The molecule has 0 heterocycles. The summed E-state index contributed by atoms with van der Waals surface area (Å²) in [5.74, 6) is -2.57. The molecule has 0 aromatic heterocycles. The molecule has 2 aromatic carbocycles. The number of halogens is 3. The third-order valence-corrected chi connectivity index (χ3v) is 6.43. The highest BCUT2D eigenvalue weighted by atomic mass is 32.2.